The van der Waals surface area contributed by atoms with Crippen LogP contribution in [0.2, 0.25) is 0 Å². The van der Waals surface area contributed by atoms with Gasteiger partial charge in [0.25, 0.3) is 0 Å². The largest absolute Gasteiger partial charge is 0.462 e. The van der Waals surface area contributed by atoms with Crippen molar-refractivity contribution in [2.24, 2.45) is 0 Å². The van der Waals surface area contributed by atoms with Crippen LogP contribution in [0, 0.1) is 0 Å². The van der Waals surface area contributed by atoms with Gasteiger partial charge in [-0.05, 0) is 122 Å². The third kappa shape index (κ3) is 56.6. The molecule has 402 valence electrons. The molecule has 0 aliphatic carbocycles. The van der Waals surface area contributed by atoms with E-state index in [0.29, 0.717) is 19.3 Å². The van der Waals surface area contributed by atoms with Crippen molar-refractivity contribution >= 4 is 17.9 Å². The van der Waals surface area contributed by atoms with Gasteiger partial charge in [0, 0.05) is 19.3 Å². The van der Waals surface area contributed by atoms with Gasteiger partial charge < -0.3 is 14.2 Å². The number of hydrogen-bond acceptors (Lipinski definition) is 6. The van der Waals surface area contributed by atoms with E-state index in [9.17, 15) is 14.4 Å². The van der Waals surface area contributed by atoms with Gasteiger partial charge in [0.1, 0.15) is 13.2 Å². The maximum Gasteiger partial charge on any atom is 0.306 e. The first-order valence-corrected chi connectivity index (χ1v) is 29.0. The molecule has 0 aromatic carbocycles. The first-order chi connectivity index (χ1) is 35.0. The van der Waals surface area contributed by atoms with E-state index in [-0.39, 0.29) is 37.5 Å². The molecule has 71 heavy (non-hydrogen) atoms. The summed E-state index contributed by atoms with van der Waals surface area (Å²) in [5.41, 5.74) is 0. The lowest BCUT2D eigenvalue weighted by Crippen LogP contribution is -2.30. The molecule has 0 rings (SSSR count). The van der Waals surface area contributed by atoms with Gasteiger partial charge in [-0.1, -0.05) is 232 Å². The van der Waals surface area contributed by atoms with Crippen molar-refractivity contribution in [3.63, 3.8) is 0 Å². The van der Waals surface area contributed by atoms with Crippen LogP contribution in [0.15, 0.2) is 122 Å². The average Bonchev–Trinajstić information content (AvgIpc) is 3.37. The third-order valence-electron chi connectivity index (χ3n) is 11.9. The zero-order valence-electron chi connectivity index (χ0n) is 45.9. The molecule has 0 saturated heterocycles. The van der Waals surface area contributed by atoms with Crippen LogP contribution < -0.4 is 0 Å². The number of carbonyl (C=O) groups excluding carboxylic acids is 3. The Morgan fingerprint density at radius 3 is 0.944 bits per heavy atom. The van der Waals surface area contributed by atoms with Crippen LogP contribution in [-0.2, 0) is 28.6 Å². The van der Waals surface area contributed by atoms with Crippen LogP contribution in [-0.4, -0.2) is 37.2 Å². The van der Waals surface area contributed by atoms with Crippen molar-refractivity contribution in [1.29, 1.82) is 0 Å². The maximum atomic E-state index is 12.9. The lowest BCUT2D eigenvalue weighted by atomic mass is 10.1. The number of hydrogen-bond donors (Lipinski definition) is 0. The van der Waals surface area contributed by atoms with E-state index in [4.69, 9.17) is 14.2 Å². The number of unbranched alkanes of at least 4 members (excludes halogenated alkanes) is 20. The average molecular weight is 984 g/mol. The first-order valence-electron chi connectivity index (χ1n) is 29.0. The summed E-state index contributed by atoms with van der Waals surface area (Å²) in [4.78, 5) is 38.2. The summed E-state index contributed by atoms with van der Waals surface area (Å²) >= 11 is 0. The molecule has 0 N–H and O–H groups in total. The molecule has 0 saturated carbocycles. The fourth-order valence-electron chi connectivity index (χ4n) is 7.59. The van der Waals surface area contributed by atoms with Gasteiger partial charge in [0.05, 0.1) is 0 Å². The lowest BCUT2D eigenvalue weighted by molar-refractivity contribution is -0.166. The van der Waals surface area contributed by atoms with Crippen LogP contribution >= 0.6 is 0 Å². The maximum absolute atomic E-state index is 12.9. The van der Waals surface area contributed by atoms with E-state index < -0.39 is 6.10 Å². The summed E-state index contributed by atoms with van der Waals surface area (Å²) in [5.74, 6) is -1.02. The molecule has 0 aromatic heterocycles. The van der Waals surface area contributed by atoms with E-state index in [1.807, 2.05) is 6.08 Å². The van der Waals surface area contributed by atoms with E-state index in [0.717, 1.165) is 109 Å². The Morgan fingerprint density at radius 2 is 0.577 bits per heavy atom. The van der Waals surface area contributed by atoms with Crippen molar-refractivity contribution in [2.45, 2.75) is 258 Å². The highest BCUT2D eigenvalue weighted by Gasteiger charge is 2.19. The summed E-state index contributed by atoms with van der Waals surface area (Å²) < 4.78 is 16.8. The minimum atomic E-state index is -0.821. The zero-order chi connectivity index (χ0) is 51.4. The quantitative estimate of drug-likeness (QED) is 0.0261. The van der Waals surface area contributed by atoms with Gasteiger partial charge in [-0.15, -0.1) is 0 Å². The van der Waals surface area contributed by atoms with Crippen molar-refractivity contribution in [3.05, 3.63) is 122 Å². The predicted molar refractivity (Wildman–Crippen MR) is 306 cm³/mol. The van der Waals surface area contributed by atoms with Crippen molar-refractivity contribution < 1.29 is 28.6 Å². The molecule has 0 spiro atoms. The smallest absolute Gasteiger partial charge is 0.306 e. The minimum Gasteiger partial charge on any atom is -0.462 e. The standard InChI is InChI=1S/C65H106O6/c1-4-7-10-13-16-19-22-25-28-30-32-34-37-40-43-46-49-52-55-58-64(67)70-61-62(60-69-63(66)57-54-51-48-45-42-39-36-27-24-21-18-15-12-9-6-3)71-65(68)59-56-53-50-47-44-41-38-35-33-31-29-26-23-20-17-14-11-8-5-2/h7,10,16-21,25-29,32,34,36,40,43,49,52,62H,4-6,8-9,11-15,22-24,30-31,33,35,37-39,41-42,44-48,50-51,53-61H2,1-3H3/b10-7-,19-16-,20-17-,21-18-,28-25-,29-26-,34-32-,36-27-,43-40-,52-49-/t62-/m0/s1. The Balaban J connectivity index is 4.53. The van der Waals surface area contributed by atoms with E-state index in [1.54, 1.807) is 0 Å². The van der Waals surface area contributed by atoms with Crippen LogP contribution in [0.5, 0.6) is 0 Å². The third-order valence-corrected chi connectivity index (χ3v) is 11.9. The van der Waals surface area contributed by atoms with Crippen LogP contribution in [0.1, 0.15) is 252 Å². The Bertz CT molecular complexity index is 1500. The van der Waals surface area contributed by atoms with Gasteiger partial charge >= 0.3 is 17.9 Å². The molecular formula is C65H106O6. The summed E-state index contributed by atoms with van der Waals surface area (Å²) in [6.07, 6.45) is 80.5. The molecule has 0 radical (unpaired) electrons. The highest BCUT2D eigenvalue weighted by molar-refractivity contribution is 5.71. The Kier molecular flexibility index (Phi) is 54.9. The summed E-state index contributed by atoms with van der Waals surface area (Å²) in [5, 5.41) is 0. The van der Waals surface area contributed by atoms with Crippen LogP contribution in [0.25, 0.3) is 0 Å². The van der Waals surface area contributed by atoms with E-state index in [1.165, 1.54) is 96.3 Å². The molecule has 6 heteroatoms. The summed E-state index contributed by atoms with van der Waals surface area (Å²) in [7, 11) is 0. The molecule has 1 atom stereocenters. The SMILES string of the molecule is CC/C=C\C/C=C\C/C=C\C/C=C\C/C=C\C/C=C\CCC(=O)OC[C@H](COC(=O)CCCCCCC/C=C\C/C=C\CCCCC)OC(=O)CCCCCCCCCCC/C=C\C/C=C\CCCCC. The topological polar surface area (TPSA) is 78.9 Å². The zero-order valence-corrected chi connectivity index (χ0v) is 45.9. The van der Waals surface area contributed by atoms with Gasteiger partial charge in [0.15, 0.2) is 6.10 Å². The first kappa shape index (κ1) is 66.8. The molecule has 0 aliphatic heterocycles. The molecular weight excluding hydrogens is 877 g/mol. The number of carbonyl (C=O) groups is 3. The Labute approximate surface area is 437 Å². The van der Waals surface area contributed by atoms with Crippen molar-refractivity contribution in [3.8, 4) is 0 Å². The fraction of sp³-hybridized carbons (Fsp3) is 0.646. The van der Waals surface area contributed by atoms with E-state index in [2.05, 4.69) is 136 Å². The molecule has 0 amide bonds. The minimum absolute atomic E-state index is 0.113. The van der Waals surface area contributed by atoms with Gasteiger partial charge in [-0.3, -0.25) is 14.4 Å². The molecule has 0 heterocycles. The van der Waals surface area contributed by atoms with Gasteiger partial charge in [-0.2, -0.15) is 0 Å². The lowest BCUT2D eigenvalue weighted by Gasteiger charge is -2.18. The molecule has 0 fully saturated rings. The molecule has 0 aromatic rings. The predicted octanol–water partition coefficient (Wildman–Crippen LogP) is 19.6. The number of ether oxygens (including phenoxy) is 3. The molecule has 6 nitrogen and oxygen atoms in total. The van der Waals surface area contributed by atoms with Gasteiger partial charge in [-0.25, -0.2) is 0 Å². The van der Waals surface area contributed by atoms with Gasteiger partial charge in [0.2, 0.25) is 0 Å². The number of rotatable bonds is 51. The highest BCUT2D eigenvalue weighted by Crippen LogP contribution is 2.14. The summed E-state index contributed by atoms with van der Waals surface area (Å²) in [6.45, 7) is 6.39. The number of esters is 3. The van der Waals surface area contributed by atoms with Crippen LogP contribution in [0.4, 0.5) is 0 Å². The van der Waals surface area contributed by atoms with Crippen molar-refractivity contribution in [1.82, 2.24) is 0 Å². The Hall–Kier alpha value is -4.19. The molecule has 0 aliphatic rings. The number of allylic oxidation sites excluding steroid dienone is 20. The fourth-order valence-corrected chi connectivity index (χ4v) is 7.59. The second-order valence-electron chi connectivity index (χ2n) is 18.8. The molecule has 0 bridgehead atoms. The van der Waals surface area contributed by atoms with Crippen LogP contribution in [0.3, 0.4) is 0 Å². The normalized spacial score (nSPS) is 13.0. The summed E-state index contributed by atoms with van der Waals surface area (Å²) in [6, 6.07) is 0. The Morgan fingerprint density at radius 1 is 0.296 bits per heavy atom. The highest BCUT2D eigenvalue weighted by atomic mass is 16.6. The van der Waals surface area contributed by atoms with Crippen molar-refractivity contribution in [2.75, 3.05) is 13.2 Å². The monoisotopic (exact) mass is 983 g/mol. The second-order valence-corrected chi connectivity index (χ2v) is 18.8. The molecule has 0 unspecified atom stereocenters. The van der Waals surface area contributed by atoms with E-state index >= 15 is 0 Å². The second kappa shape index (κ2) is 58.4.